The Hall–Kier alpha value is 2.98. The molecule has 0 aromatic rings. The van der Waals surface area contributed by atoms with Crippen molar-refractivity contribution in [2.45, 2.75) is 26.0 Å². The van der Waals surface area contributed by atoms with Gasteiger partial charge in [0.05, 0.1) is 0 Å². The van der Waals surface area contributed by atoms with Crippen LogP contribution in [0.15, 0.2) is 0 Å². The number of hydrogen-bond acceptors (Lipinski definition) is 4. The van der Waals surface area contributed by atoms with Gasteiger partial charge in [0.15, 0.2) is 0 Å². The quantitative estimate of drug-likeness (QED) is 0.391. The van der Waals surface area contributed by atoms with Crippen molar-refractivity contribution in [1.82, 2.24) is 0 Å². The molecule has 0 bridgehead atoms. The van der Waals surface area contributed by atoms with Crippen molar-refractivity contribution >= 4 is 88.9 Å². The van der Waals surface area contributed by atoms with E-state index in [2.05, 4.69) is 47.0 Å². The molecule has 3 saturated heterocycles. The average molecular weight is 520 g/mol. The zero-order valence-electron chi connectivity index (χ0n) is 9.00. The van der Waals surface area contributed by atoms with Crippen LogP contribution in [-0.4, -0.2) is 82.0 Å². The molecule has 6 heteroatoms. The van der Waals surface area contributed by atoms with Gasteiger partial charge in [-0.1, -0.05) is 0 Å². The van der Waals surface area contributed by atoms with E-state index >= 15 is 0 Å². The Morgan fingerprint density at radius 2 is 1.31 bits per heavy atom. The number of rotatable bonds is 6. The summed E-state index contributed by atoms with van der Waals surface area (Å²) >= 11 is 9.89. The second-order valence-electron chi connectivity index (χ2n) is 4.06. The minimum absolute atomic E-state index is 0.373. The van der Waals surface area contributed by atoms with Crippen molar-refractivity contribution in [3.8, 4) is 0 Å². The van der Waals surface area contributed by atoms with Gasteiger partial charge >= 0.3 is 138 Å². The van der Waals surface area contributed by atoms with Crippen LogP contribution in [0, 0.1) is 0 Å². The van der Waals surface area contributed by atoms with E-state index in [1.54, 1.807) is 8.94 Å². The van der Waals surface area contributed by atoms with Gasteiger partial charge in [-0.05, 0) is 0 Å². The summed E-state index contributed by atoms with van der Waals surface area (Å²) in [6.45, 7) is 0. The molecule has 3 fully saturated rings. The molecule has 3 aliphatic heterocycles. The predicted octanol–water partition coefficient (Wildman–Crippen LogP) is 2.59. The van der Waals surface area contributed by atoms with Gasteiger partial charge in [0.25, 0.3) is 0 Å². The Bertz CT molecular complexity index is 209. The van der Waals surface area contributed by atoms with Gasteiger partial charge in [0.1, 0.15) is 0 Å². The molecular weight excluding hydrogens is 504 g/mol. The van der Waals surface area contributed by atoms with Gasteiger partial charge < -0.3 is 0 Å². The molecule has 0 aromatic heterocycles. The van der Waals surface area contributed by atoms with Crippen molar-refractivity contribution in [2.75, 3.05) is 23.0 Å². The number of hydrogen-bond donors (Lipinski definition) is 0. The molecule has 3 aliphatic rings. The first-order valence-corrected chi connectivity index (χ1v) is 15.8. The first-order valence-electron chi connectivity index (χ1n) is 5.61. The standard InChI is InChI=1S/C10H16S4Te2/c1-2-16-10(14-6-8-4-12-8)9(15-1)13-5-7-3-11-7/h7-10H,1-6H2. The van der Waals surface area contributed by atoms with Crippen molar-refractivity contribution < 1.29 is 0 Å². The summed E-state index contributed by atoms with van der Waals surface area (Å²) in [5.41, 5.74) is 0. The SMILES string of the molecule is C1C[Te]C(SCC2CS2)C(SCC2CS2)[Te]1. The van der Waals surface area contributed by atoms with Crippen LogP contribution < -0.4 is 0 Å². The van der Waals surface area contributed by atoms with E-state index < -0.39 is 0 Å². The Balaban J connectivity index is 1.42. The Labute approximate surface area is 136 Å². The minimum atomic E-state index is 0.373. The van der Waals surface area contributed by atoms with Crippen molar-refractivity contribution in [3.05, 3.63) is 0 Å². The maximum absolute atomic E-state index is 2.39. The molecule has 16 heavy (non-hydrogen) atoms. The van der Waals surface area contributed by atoms with Crippen LogP contribution in [0.2, 0.25) is 8.94 Å². The topological polar surface area (TPSA) is 0 Å². The van der Waals surface area contributed by atoms with Crippen LogP contribution in [-0.2, 0) is 0 Å². The summed E-state index contributed by atoms with van der Waals surface area (Å²) < 4.78 is 5.71. The van der Waals surface area contributed by atoms with Crippen LogP contribution in [0.1, 0.15) is 0 Å². The zero-order valence-corrected chi connectivity index (χ0v) is 16.9. The molecule has 3 heterocycles. The summed E-state index contributed by atoms with van der Waals surface area (Å²) in [5.74, 6) is 5.91. The molecule has 4 unspecified atom stereocenters. The van der Waals surface area contributed by atoms with Crippen LogP contribution in [0.3, 0.4) is 0 Å². The zero-order chi connectivity index (χ0) is 10.8. The first-order chi connectivity index (χ1) is 7.92. The number of thioether (sulfide) groups is 4. The monoisotopic (exact) mass is 524 g/mol. The molecule has 4 atom stereocenters. The normalized spacial score (nSPS) is 42.0. The van der Waals surface area contributed by atoms with Gasteiger partial charge in [0, 0.05) is 0 Å². The maximum atomic E-state index is 2.39. The van der Waals surface area contributed by atoms with Crippen LogP contribution in [0.5, 0.6) is 0 Å². The second kappa shape index (κ2) is 7.12. The summed E-state index contributed by atoms with van der Waals surface area (Å²) in [7, 11) is 0. The Kier molecular flexibility index (Phi) is 6.20. The third-order valence-corrected chi connectivity index (χ3v) is 22.8. The van der Waals surface area contributed by atoms with Gasteiger partial charge in [-0.25, -0.2) is 0 Å². The van der Waals surface area contributed by atoms with E-state index in [4.69, 9.17) is 0 Å². The van der Waals surface area contributed by atoms with Gasteiger partial charge in [-0.15, -0.1) is 0 Å². The third-order valence-electron chi connectivity index (χ3n) is 2.57. The molecule has 0 radical (unpaired) electrons. The average Bonchev–Trinajstić information content (AvgIpc) is 3.17. The summed E-state index contributed by atoms with van der Waals surface area (Å²) in [4.78, 5) is 0. The van der Waals surface area contributed by atoms with Crippen LogP contribution >= 0.6 is 47.0 Å². The molecule has 0 aromatic carbocycles. The van der Waals surface area contributed by atoms with Crippen LogP contribution in [0.25, 0.3) is 0 Å². The molecule has 0 amide bonds. The summed E-state index contributed by atoms with van der Waals surface area (Å²) in [6, 6.07) is 0. The van der Waals surface area contributed by atoms with E-state index in [0.29, 0.717) is 41.8 Å². The van der Waals surface area contributed by atoms with Crippen molar-refractivity contribution in [2.24, 2.45) is 0 Å². The molecule has 0 aliphatic carbocycles. The second-order valence-corrected chi connectivity index (χ2v) is 18.1. The van der Waals surface area contributed by atoms with E-state index in [9.17, 15) is 0 Å². The van der Waals surface area contributed by atoms with Crippen molar-refractivity contribution in [1.29, 1.82) is 0 Å². The fourth-order valence-electron chi connectivity index (χ4n) is 1.47. The summed E-state index contributed by atoms with van der Waals surface area (Å²) in [6.07, 6.45) is 0. The molecule has 0 saturated carbocycles. The Morgan fingerprint density at radius 3 is 1.69 bits per heavy atom. The van der Waals surface area contributed by atoms with Crippen molar-refractivity contribution in [3.63, 3.8) is 0 Å². The molecule has 0 nitrogen and oxygen atoms in total. The molecule has 3 rings (SSSR count). The fraction of sp³-hybridized carbons (Fsp3) is 1.00. The predicted molar refractivity (Wildman–Crippen MR) is 86.1 cm³/mol. The fourth-order valence-corrected chi connectivity index (χ4v) is 21.7. The molecular formula is C10H16S4Te2. The summed E-state index contributed by atoms with van der Waals surface area (Å²) in [5, 5.41) is 2.12. The van der Waals surface area contributed by atoms with E-state index in [1.807, 2.05) is 0 Å². The third kappa shape index (κ3) is 4.82. The van der Waals surface area contributed by atoms with Gasteiger partial charge in [0.2, 0.25) is 0 Å². The molecule has 0 N–H and O–H groups in total. The van der Waals surface area contributed by atoms with E-state index in [1.165, 1.54) is 29.6 Å². The van der Waals surface area contributed by atoms with Crippen LogP contribution in [0.4, 0.5) is 0 Å². The van der Waals surface area contributed by atoms with Gasteiger partial charge in [-0.2, -0.15) is 0 Å². The molecule has 92 valence electrons. The molecule has 0 spiro atoms. The van der Waals surface area contributed by atoms with E-state index in [0.717, 1.165) is 10.5 Å². The Morgan fingerprint density at radius 1 is 0.875 bits per heavy atom. The first kappa shape index (κ1) is 13.9. The van der Waals surface area contributed by atoms with E-state index in [-0.39, 0.29) is 0 Å². The van der Waals surface area contributed by atoms with Gasteiger partial charge in [-0.3, -0.25) is 0 Å².